The first-order chi connectivity index (χ1) is 10.7. The molecule has 2 heterocycles. The maximum absolute atomic E-state index is 10.6. The van der Waals surface area contributed by atoms with Crippen LogP contribution < -0.4 is 0 Å². The predicted molar refractivity (Wildman–Crippen MR) is 91.2 cm³/mol. The molecule has 0 radical (unpaired) electrons. The highest BCUT2D eigenvalue weighted by Gasteiger charge is 2.32. The van der Waals surface area contributed by atoms with Gasteiger partial charge in [0, 0.05) is 30.7 Å². The Hall–Kier alpha value is -0.610. The number of β-amino-alcohol motifs (C(OH)–C–C–N with tert-alkyl or cyclic N) is 1. The molecule has 0 amide bonds. The average molecular weight is 323 g/mol. The van der Waals surface area contributed by atoms with Crippen molar-refractivity contribution >= 4 is 11.6 Å². The van der Waals surface area contributed by atoms with Crippen molar-refractivity contribution in [3.05, 3.63) is 34.9 Å². The van der Waals surface area contributed by atoms with Crippen LogP contribution in [0.15, 0.2) is 24.3 Å². The van der Waals surface area contributed by atoms with E-state index >= 15 is 0 Å². The first kappa shape index (κ1) is 16.3. The molecule has 2 aliphatic rings. The highest BCUT2D eigenvalue weighted by molar-refractivity contribution is 6.31. The number of nitrogens with zero attached hydrogens (tertiary/aromatic N) is 2. The molecule has 2 saturated heterocycles. The molecular weight excluding hydrogens is 296 g/mol. The van der Waals surface area contributed by atoms with Crippen molar-refractivity contribution in [3.63, 3.8) is 0 Å². The van der Waals surface area contributed by atoms with Crippen LogP contribution in [0.25, 0.3) is 0 Å². The second kappa shape index (κ2) is 7.78. The number of hydrogen-bond acceptors (Lipinski definition) is 3. The van der Waals surface area contributed by atoms with Crippen LogP contribution in [-0.4, -0.2) is 53.2 Å². The lowest BCUT2D eigenvalue weighted by atomic mass is 9.99. The van der Waals surface area contributed by atoms with Gasteiger partial charge in [-0.25, -0.2) is 0 Å². The van der Waals surface area contributed by atoms with Gasteiger partial charge in [0.1, 0.15) is 0 Å². The smallest absolute Gasteiger partial charge is 0.0822 e. The first-order valence-corrected chi connectivity index (χ1v) is 9.00. The van der Waals surface area contributed by atoms with Crippen molar-refractivity contribution in [1.82, 2.24) is 9.80 Å². The summed E-state index contributed by atoms with van der Waals surface area (Å²) in [6.45, 7) is 4.96. The zero-order valence-electron chi connectivity index (χ0n) is 13.3. The van der Waals surface area contributed by atoms with E-state index in [1.54, 1.807) is 0 Å². The van der Waals surface area contributed by atoms with Crippen molar-refractivity contribution in [3.8, 4) is 0 Å². The predicted octanol–water partition coefficient (Wildman–Crippen LogP) is 3.15. The van der Waals surface area contributed by atoms with E-state index in [0.29, 0.717) is 6.04 Å². The van der Waals surface area contributed by atoms with Crippen LogP contribution in [0.5, 0.6) is 0 Å². The van der Waals surface area contributed by atoms with Gasteiger partial charge < -0.3 is 5.11 Å². The number of likely N-dealkylation sites (tertiary alicyclic amines) is 2. The number of piperidine rings is 1. The third-order valence-electron chi connectivity index (χ3n) is 5.09. The summed E-state index contributed by atoms with van der Waals surface area (Å²) in [6.07, 6.45) is 6.08. The van der Waals surface area contributed by atoms with Gasteiger partial charge in [0.15, 0.2) is 0 Å². The standard InChI is InChI=1S/C18H27ClN2O/c19-16-8-4-3-7-15(16)13-20-12-9-17(18(22)14-20)21-10-5-1-2-6-11-21/h3-4,7-8,17-18,22H,1-2,5-6,9-14H2/t17-,18-/m1/s1. The fraction of sp³-hybridized carbons (Fsp3) is 0.667. The fourth-order valence-electron chi connectivity index (χ4n) is 3.85. The zero-order valence-corrected chi connectivity index (χ0v) is 14.0. The molecule has 4 heteroatoms. The lowest BCUT2D eigenvalue weighted by molar-refractivity contribution is -0.0144. The second-order valence-corrected chi connectivity index (χ2v) is 7.11. The van der Waals surface area contributed by atoms with Gasteiger partial charge in [0.05, 0.1) is 6.10 Å². The Kier molecular flexibility index (Phi) is 5.75. The molecule has 2 aliphatic heterocycles. The Morgan fingerprint density at radius 3 is 2.45 bits per heavy atom. The molecule has 3 nitrogen and oxygen atoms in total. The molecular formula is C18H27ClN2O. The summed E-state index contributed by atoms with van der Waals surface area (Å²) in [4.78, 5) is 4.87. The number of rotatable bonds is 3. The first-order valence-electron chi connectivity index (χ1n) is 8.62. The highest BCUT2D eigenvalue weighted by Crippen LogP contribution is 2.24. The summed E-state index contributed by atoms with van der Waals surface area (Å²) in [5, 5.41) is 11.4. The fourth-order valence-corrected chi connectivity index (χ4v) is 4.04. The summed E-state index contributed by atoms with van der Waals surface area (Å²) < 4.78 is 0. The van der Waals surface area contributed by atoms with E-state index in [1.807, 2.05) is 18.2 Å². The molecule has 0 aliphatic carbocycles. The van der Waals surface area contributed by atoms with E-state index in [2.05, 4.69) is 15.9 Å². The largest absolute Gasteiger partial charge is 0.390 e. The third kappa shape index (κ3) is 4.02. The van der Waals surface area contributed by atoms with Gasteiger partial charge >= 0.3 is 0 Å². The highest BCUT2D eigenvalue weighted by atomic mass is 35.5. The molecule has 122 valence electrons. The maximum atomic E-state index is 10.6. The Labute approximate surface area is 138 Å². The minimum Gasteiger partial charge on any atom is -0.390 e. The molecule has 0 saturated carbocycles. The minimum absolute atomic E-state index is 0.241. The molecule has 0 aromatic heterocycles. The molecule has 22 heavy (non-hydrogen) atoms. The molecule has 3 rings (SSSR count). The van der Waals surface area contributed by atoms with Crippen LogP contribution >= 0.6 is 11.6 Å². The molecule has 0 unspecified atom stereocenters. The van der Waals surface area contributed by atoms with Crippen molar-refractivity contribution in [2.24, 2.45) is 0 Å². The van der Waals surface area contributed by atoms with Crippen molar-refractivity contribution in [1.29, 1.82) is 0 Å². The van der Waals surface area contributed by atoms with Crippen LogP contribution in [0, 0.1) is 0 Å². The monoisotopic (exact) mass is 322 g/mol. The molecule has 1 N–H and O–H groups in total. The van der Waals surface area contributed by atoms with Gasteiger partial charge in [-0.1, -0.05) is 42.6 Å². The minimum atomic E-state index is -0.241. The van der Waals surface area contributed by atoms with Crippen molar-refractivity contribution < 1.29 is 5.11 Å². The average Bonchev–Trinajstić information content (AvgIpc) is 2.79. The number of aliphatic hydroxyl groups excluding tert-OH is 1. The number of benzene rings is 1. The molecule has 2 fully saturated rings. The van der Waals surface area contributed by atoms with E-state index < -0.39 is 0 Å². The molecule has 1 aromatic rings. The Balaban J connectivity index is 1.56. The number of hydrogen-bond donors (Lipinski definition) is 1. The van der Waals surface area contributed by atoms with Crippen LogP contribution in [0.3, 0.4) is 0 Å². The summed E-state index contributed by atoms with van der Waals surface area (Å²) in [5.41, 5.74) is 1.16. The summed E-state index contributed by atoms with van der Waals surface area (Å²) in [6, 6.07) is 8.36. The third-order valence-corrected chi connectivity index (χ3v) is 5.46. The number of halogens is 1. The molecule has 0 bridgehead atoms. The van der Waals surface area contributed by atoms with Gasteiger partial charge in [-0.05, 0) is 44.0 Å². The van der Waals surface area contributed by atoms with E-state index in [-0.39, 0.29) is 6.10 Å². The normalized spacial score (nSPS) is 28.5. The van der Waals surface area contributed by atoms with Crippen LogP contribution in [0.2, 0.25) is 5.02 Å². The van der Waals surface area contributed by atoms with Crippen LogP contribution in [0.4, 0.5) is 0 Å². The maximum Gasteiger partial charge on any atom is 0.0822 e. The van der Waals surface area contributed by atoms with Crippen molar-refractivity contribution in [2.75, 3.05) is 26.2 Å². The second-order valence-electron chi connectivity index (χ2n) is 6.70. The Morgan fingerprint density at radius 2 is 1.77 bits per heavy atom. The zero-order chi connectivity index (χ0) is 15.4. The molecule has 1 aromatic carbocycles. The van der Waals surface area contributed by atoms with E-state index in [9.17, 15) is 5.11 Å². The van der Waals surface area contributed by atoms with Crippen LogP contribution in [-0.2, 0) is 6.54 Å². The van der Waals surface area contributed by atoms with Gasteiger partial charge in [-0.3, -0.25) is 9.80 Å². The van der Waals surface area contributed by atoms with E-state index in [0.717, 1.165) is 49.7 Å². The Bertz CT molecular complexity index is 474. The quantitative estimate of drug-likeness (QED) is 0.926. The van der Waals surface area contributed by atoms with E-state index in [1.165, 1.54) is 25.7 Å². The summed E-state index contributed by atoms with van der Waals surface area (Å²) in [5.74, 6) is 0. The Morgan fingerprint density at radius 1 is 1.05 bits per heavy atom. The van der Waals surface area contributed by atoms with Crippen LogP contribution in [0.1, 0.15) is 37.7 Å². The number of aliphatic hydroxyl groups is 1. The molecule has 0 spiro atoms. The van der Waals surface area contributed by atoms with E-state index in [4.69, 9.17) is 11.6 Å². The lowest BCUT2D eigenvalue weighted by Crippen LogP contribution is -2.54. The topological polar surface area (TPSA) is 26.7 Å². The molecule has 2 atom stereocenters. The SMILES string of the molecule is O[C@@H]1CN(Cc2ccccc2Cl)CC[C@H]1N1CCCCCC1. The van der Waals surface area contributed by atoms with Gasteiger partial charge in [0.2, 0.25) is 0 Å². The summed E-state index contributed by atoms with van der Waals surface area (Å²) >= 11 is 6.25. The van der Waals surface area contributed by atoms with Gasteiger partial charge in [-0.15, -0.1) is 0 Å². The van der Waals surface area contributed by atoms with Gasteiger partial charge in [-0.2, -0.15) is 0 Å². The lowest BCUT2D eigenvalue weighted by Gasteiger charge is -2.41. The van der Waals surface area contributed by atoms with Gasteiger partial charge in [0.25, 0.3) is 0 Å². The summed E-state index contributed by atoms with van der Waals surface area (Å²) in [7, 11) is 0. The van der Waals surface area contributed by atoms with Crippen molar-refractivity contribution in [2.45, 2.75) is 50.8 Å².